The second-order valence-corrected chi connectivity index (χ2v) is 5.29. The summed E-state index contributed by atoms with van der Waals surface area (Å²) in [6, 6.07) is 8.52. The second-order valence-electron chi connectivity index (χ2n) is 4.57. The van der Waals surface area contributed by atoms with Gasteiger partial charge >= 0.3 is 0 Å². The van der Waals surface area contributed by atoms with E-state index in [1.807, 2.05) is 16.3 Å². The maximum Gasteiger partial charge on any atom is 0.137 e. The highest BCUT2D eigenvalue weighted by molar-refractivity contribution is 7.07. The average Bonchev–Trinajstić information content (AvgIpc) is 3.12. The summed E-state index contributed by atoms with van der Waals surface area (Å²) in [5.74, 6) is 0. The summed E-state index contributed by atoms with van der Waals surface area (Å²) < 4.78 is 1.81. The molecule has 20 heavy (non-hydrogen) atoms. The van der Waals surface area contributed by atoms with Gasteiger partial charge in [0.05, 0.1) is 23.8 Å². The van der Waals surface area contributed by atoms with Crippen LogP contribution in [0.2, 0.25) is 0 Å². The van der Waals surface area contributed by atoms with E-state index in [-0.39, 0.29) is 6.04 Å². The van der Waals surface area contributed by atoms with Crippen molar-refractivity contribution < 1.29 is 0 Å². The van der Waals surface area contributed by atoms with E-state index in [0.29, 0.717) is 0 Å². The number of aromatic nitrogens is 4. The van der Waals surface area contributed by atoms with Gasteiger partial charge in [-0.1, -0.05) is 12.1 Å². The molecule has 0 aliphatic rings. The van der Waals surface area contributed by atoms with Crippen molar-refractivity contribution in [2.75, 3.05) is 5.32 Å². The average molecular weight is 285 g/mol. The lowest BCUT2D eigenvalue weighted by Crippen LogP contribution is -2.07. The summed E-state index contributed by atoms with van der Waals surface area (Å²) in [6.07, 6.45) is 3.27. The number of nitrogens with zero attached hydrogens (tertiary/aromatic N) is 4. The fourth-order valence-corrected chi connectivity index (χ4v) is 2.67. The Morgan fingerprint density at radius 3 is 3.10 bits per heavy atom. The van der Waals surface area contributed by atoms with E-state index in [9.17, 15) is 0 Å². The molecule has 1 unspecified atom stereocenters. The smallest absolute Gasteiger partial charge is 0.137 e. The van der Waals surface area contributed by atoms with Gasteiger partial charge in [0, 0.05) is 11.1 Å². The van der Waals surface area contributed by atoms with Gasteiger partial charge in [0.25, 0.3) is 0 Å². The van der Waals surface area contributed by atoms with Crippen LogP contribution >= 0.6 is 11.3 Å². The number of anilines is 1. The molecule has 1 aromatic carbocycles. The zero-order valence-electron chi connectivity index (χ0n) is 11.1. The predicted molar refractivity (Wildman–Crippen MR) is 79.7 cm³/mol. The summed E-state index contributed by atoms with van der Waals surface area (Å²) in [5, 5.41) is 9.65. The maximum absolute atomic E-state index is 4.33. The van der Waals surface area contributed by atoms with Crippen molar-refractivity contribution in [2.24, 2.45) is 0 Å². The SMILES string of the molecule is CC(Nc1cccc(Cn2cncn2)c1)c1cscn1. The Labute approximate surface area is 121 Å². The van der Waals surface area contributed by atoms with Gasteiger partial charge < -0.3 is 5.32 Å². The first kappa shape index (κ1) is 12.8. The first-order chi connectivity index (χ1) is 9.81. The molecular formula is C14H15N5S. The quantitative estimate of drug-likeness (QED) is 0.783. The van der Waals surface area contributed by atoms with Gasteiger partial charge in [0.15, 0.2) is 0 Å². The number of hydrogen-bond donors (Lipinski definition) is 1. The molecule has 0 saturated carbocycles. The Bertz CT molecular complexity index is 648. The third-order valence-electron chi connectivity index (χ3n) is 3.02. The Morgan fingerprint density at radius 2 is 2.35 bits per heavy atom. The van der Waals surface area contributed by atoms with Gasteiger partial charge in [-0.3, -0.25) is 0 Å². The Kier molecular flexibility index (Phi) is 3.73. The zero-order chi connectivity index (χ0) is 13.8. The van der Waals surface area contributed by atoms with Crippen molar-refractivity contribution in [3.05, 3.63) is 59.1 Å². The third-order valence-corrected chi connectivity index (χ3v) is 3.62. The Balaban J connectivity index is 1.71. The summed E-state index contributed by atoms with van der Waals surface area (Å²) in [5.41, 5.74) is 5.19. The molecule has 1 N–H and O–H groups in total. The van der Waals surface area contributed by atoms with Gasteiger partial charge in [0.1, 0.15) is 12.7 Å². The number of nitrogens with one attached hydrogen (secondary N) is 1. The zero-order valence-corrected chi connectivity index (χ0v) is 11.9. The molecule has 0 saturated heterocycles. The highest BCUT2D eigenvalue weighted by Gasteiger charge is 2.07. The van der Waals surface area contributed by atoms with Crippen LogP contribution in [0.4, 0.5) is 5.69 Å². The second kappa shape index (κ2) is 5.83. The summed E-state index contributed by atoms with van der Waals surface area (Å²) in [7, 11) is 0. The van der Waals surface area contributed by atoms with Crippen LogP contribution in [0.1, 0.15) is 24.2 Å². The predicted octanol–water partition coefficient (Wildman–Crippen LogP) is 2.96. The van der Waals surface area contributed by atoms with Crippen molar-refractivity contribution in [3.8, 4) is 0 Å². The molecule has 0 spiro atoms. The fraction of sp³-hybridized carbons (Fsp3) is 0.214. The van der Waals surface area contributed by atoms with E-state index >= 15 is 0 Å². The molecule has 3 aromatic rings. The molecule has 1 atom stereocenters. The minimum atomic E-state index is 0.197. The monoisotopic (exact) mass is 285 g/mol. The molecular weight excluding hydrogens is 270 g/mol. The molecule has 5 nitrogen and oxygen atoms in total. The summed E-state index contributed by atoms with van der Waals surface area (Å²) >= 11 is 1.61. The van der Waals surface area contributed by atoms with E-state index in [2.05, 4.69) is 50.9 Å². The van der Waals surface area contributed by atoms with Gasteiger partial charge in [-0.25, -0.2) is 14.6 Å². The largest absolute Gasteiger partial charge is 0.377 e. The minimum Gasteiger partial charge on any atom is -0.377 e. The minimum absolute atomic E-state index is 0.197. The molecule has 6 heteroatoms. The summed E-state index contributed by atoms with van der Waals surface area (Å²) in [6.45, 7) is 2.83. The maximum atomic E-state index is 4.33. The molecule has 2 aromatic heterocycles. The number of hydrogen-bond acceptors (Lipinski definition) is 5. The van der Waals surface area contributed by atoms with Gasteiger partial charge in [-0.15, -0.1) is 11.3 Å². The fourth-order valence-electron chi connectivity index (χ4n) is 2.02. The standard InChI is InChI=1S/C14H15N5S/c1-11(14-7-20-10-16-14)18-13-4-2-3-12(5-13)6-19-9-15-8-17-19/h2-5,7-11,18H,6H2,1H3. The van der Waals surface area contributed by atoms with Crippen molar-refractivity contribution in [1.82, 2.24) is 19.7 Å². The van der Waals surface area contributed by atoms with Crippen LogP contribution in [-0.2, 0) is 6.54 Å². The number of rotatable bonds is 5. The van der Waals surface area contributed by atoms with E-state index in [4.69, 9.17) is 0 Å². The highest BCUT2D eigenvalue weighted by atomic mass is 32.1. The highest BCUT2D eigenvalue weighted by Crippen LogP contribution is 2.20. The van der Waals surface area contributed by atoms with Crippen molar-refractivity contribution in [2.45, 2.75) is 19.5 Å². The van der Waals surface area contributed by atoms with Crippen LogP contribution < -0.4 is 5.32 Å². The van der Waals surface area contributed by atoms with Crippen molar-refractivity contribution in [1.29, 1.82) is 0 Å². The van der Waals surface area contributed by atoms with Gasteiger partial charge in [-0.05, 0) is 24.6 Å². The molecule has 0 bridgehead atoms. The van der Waals surface area contributed by atoms with Crippen molar-refractivity contribution >= 4 is 17.0 Å². The normalized spacial score (nSPS) is 12.2. The molecule has 0 aliphatic carbocycles. The van der Waals surface area contributed by atoms with E-state index in [1.54, 1.807) is 24.0 Å². The first-order valence-electron chi connectivity index (χ1n) is 6.37. The molecule has 0 radical (unpaired) electrons. The lowest BCUT2D eigenvalue weighted by molar-refractivity contribution is 0.685. The molecule has 0 aliphatic heterocycles. The van der Waals surface area contributed by atoms with Crippen LogP contribution in [0.3, 0.4) is 0 Å². The topological polar surface area (TPSA) is 55.6 Å². The lowest BCUT2D eigenvalue weighted by Gasteiger charge is -2.14. The van der Waals surface area contributed by atoms with E-state index < -0.39 is 0 Å². The van der Waals surface area contributed by atoms with Crippen molar-refractivity contribution in [3.63, 3.8) is 0 Å². The van der Waals surface area contributed by atoms with Crippen LogP contribution in [0, 0.1) is 0 Å². The summed E-state index contributed by atoms with van der Waals surface area (Å²) in [4.78, 5) is 8.28. The van der Waals surface area contributed by atoms with Crippen LogP contribution in [0.15, 0.2) is 47.8 Å². The molecule has 0 amide bonds. The van der Waals surface area contributed by atoms with Gasteiger partial charge in [0.2, 0.25) is 0 Å². The van der Waals surface area contributed by atoms with E-state index in [0.717, 1.165) is 17.9 Å². The van der Waals surface area contributed by atoms with Gasteiger partial charge in [-0.2, -0.15) is 5.10 Å². The first-order valence-corrected chi connectivity index (χ1v) is 7.31. The number of benzene rings is 1. The molecule has 2 heterocycles. The molecule has 102 valence electrons. The van der Waals surface area contributed by atoms with E-state index in [1.165, 1.54) is 5.56 Å². The Hall–Kier alpha value is -2.21. The van der Waals surface area contributed by atoms with Crippen LogP contribution in [0.25, 0.3) is 0 Å². The third kappa shape index (κ3) is 3.03. The van der Waals surface area contributed by atoms with Crippen LogP contribution in [-0.4, -0.2) is 19.7 Å². The van der Waals surface area contributed by atoms with Crippen LogP contribution in [0.5, 0.6) is 0 Å². The Morgan fingerprint density at radius 1 is 1.40 bits per heavy atom. The molecule has 3 rings (SSSR count). The lowest BCUT2D eigenvalue weighted by atomic mass is 10.1. The number of thiazole rings is 1. The molecule has 0 fully saturated rings.